The number of amides is 2. The van der Waals surface area contributed by atoms with Crippen molar-refractivity contribution in [2.24, 2.45) is 0 Å². The quantitative estimate of drug-likeness (QED) is 0.811. The molecule has 1 aromatic rings. The second-order valence-electron chi connectivity index (χ2n) is 7.05. The highest BCUT2D eigenvalue weighted by Crippen LogP contribution is 2.46. The van der Waals surface area contributed by atoms with Gasteiger partial charge in [0.25, 0.3) is 5.91 Å². The minimum atomic E-state index is -0.658. The molecule has 3 saturated heterocycles. The first-order valence-electron chi connectivity index (χ1n) is 9.02. The number of aromatic amines is 1. The van der Waals surface area contributed by atoms with Gasteiger partial charge in [-0.2, -0.15) is 0 Å². The fraction of sp³-hybridized carbons (Fsp3) is 0.611. The van der Waals surface area contributed by atoms with Crippen molar-refractivity contribution in [3.63, 3.8) is 0 Å². The van der Waals surface area contributed by atoms with Gasteiger partial charge in [0.2, 0.25) is 5.91 Å². The maximum absolute atomic E-state index is 13.3. The van der Waals surface area contributed by atoms with Crippen molar-refractivity contribution in [1.29, 1.82) is 0 Å². The smallest absolute Gasteiger partial charge is 0.355 e. The van der Waals surface area contributed by atoms with Gasteiger partial charge in [-0.25, -0.2) is 4.79 Å². The van der Waals surface area contributed by atoms with Crippen LogP contribution in [0.4, 0.5) is 0 Å². The van der Waals surface area contributed by atoms with Gasteiger partial charge in [-0.05, 0) is 26.3 Å². The summed E-state index contributed by atoms with van der Waals surface area (Å²) in [6.07, 6.45) is 0.918. The summed E-state index contributed by atoms with van der Waals surface area (Å²) >= 11 is 0. The predicted octanol–water partition coefficient (Wildman–Crippen LogP) is 0.982. The summed E-state index contributed by atoms with van der Waals surface area (Å²) < 4.78 is 11.0. The van der Waals surface area contributed by atoms with Gasteiger partial charge in [0, 0.05) is 25.2 Å². The Hall–Kier alpha value is -2.35. The second-order valence-corrected chi connectivity index (χ2v) is 7.05. The molecular formula is C18H23N3O5. The van der Waals surface area contributed by atoms with Gasteiger partial charge in [-0.1, -0.05) is 0 Å². The average molecular weight is 361 g/mol. The van der Waals surface area contributed by atoms with E-state index in [9.17, 15) is 14.4 Å². The molecule has 0 aliphatic carbocycles. The molecule has 8 nitrogen and oxygen atoms in total. The Bertz CT molecular complexity index is 801. The van der Waals surface area contributed by atoms with Gasteiger partial charge in [-0.3, -0.25) is 9.59 Å². The summed E-state index contributed by atoms with van der Waals surface area (Å²) in [5, 5.41) is 0. The molecule has 3 aliphatic rings. The Morgan fingerprint density at radius 3 is 2.85 bits per heavy atom. The second kappa shape index (κ2) is 5.84. The first-order chi connectivity index (χ1) is 12.4. The highest BCUT2D eigenvalue weighted by atomic mass is 16.5. The first-order valence-corrected chi connectivity index (χ1v) is 9.02. The van der Waals surface area contributed by atoms with E-state index in [0.717, 1.165) is 0 Å². The summed E-state index contributed by atoms with van der Waals surface area (Å²) in [7, 11) is 0. The number of esters is 1. The molecule has 4 rings (SSSR count). The lowest BCUT2D eigenvalue weighted by Crippen LogP contribution is -2.48. The van der Waals surface area contributed by atoms with E-state index in [1.807, 2.05) is 0 Å². The third-order valence-corrected chi connectivity index (χ3v) is 5.79. The van der Waals surface area contributed by atoms with Crippen LogP contribution in [0.5, 0.6) is 0 Å². The van der Waals surface area contributed by atoms with Gasteiger partial charge >= 0.3 is 5.97 Å². The van der Waals surface area contributed by atoms with Gasteiger partial charge in [0.05, 0.1) is 31.2 Å². The summed E-state index contributed by atoms with van der Waals surface area (Å²) in [6.45, 7) is 7.16. The molecule has 1 aromatic heterocycles. The van der Waals surface area contributed by atoms with E-state index in [1.54, 1.807) is 30.6 Å². The van der Waals surface area contributed by atoms with E-state index in [4.69, 9.17) is 9.47 Å². The number of carbonyl (C=O) groups excluding carboxylic acids is 3. The number of aromatic nitrogens is 1. The molecule has 1 spiro atoms. The number of carbonyl (C=O) groups is 3. The summed E-state index contributed by atoms with van der Waals surface area (Å²) in [5.74, 6) is -0.593. The van der Waals surface area contributed by atoms with Crippen LogP contribution in [0.3, 0.4) is 0 Å². The van der Waals surface area contributed by atoms with Crippen molar-refractivity contribution in [2.45, 2.75) is 45.4 Å². The van der Waals surface area contributed by atoms with Gasteiger partial charge in [0.1, 0.15) is 5.69 Å². The summed E-state index contributed by atoms with van der Waals surface area (Å²) in [6, 6.07) is -0.273. The topological polar surface area (TPSA) is 91.9 Å². The first kappa shape index (κ1) is 17.1. The number of likely N-dealkylation sites (tertiary alicyclic amines) is 1. The van der Waals surface area contributed by atoms with Gasteiger partial charge in [-0.15, -0.1) is 0 Å². The van der Waals surface area contributed by atoms with Crippen molar-refractivity contribution in [3.8, 4) is 0 Å². The zero-order chi connectivity index (χ0) is 18.6. The lowest BCUT2D eigenvalue weighted by atomic mass is 10.0. The predicted molar refractivity (Wildman–Crippen MR) is 90.7 cm³/mol. The summed E-state index contributed by atoms with van der Waals surface area (Å²) in [4.78, 5) is 44.2. The minimum Gasteiger partial charge on any atom is -0.461 e. The molecule has 0 aromatic carbocycles. The Kier molecular flexibility index (Phi) is 3.83. The van der Waals surface area contributed by atoms with Crippen LogP contribution >= 0.6 is 0 Å². The number of nitrogens with one attached hydrogen (secondary N) is 1. The fourth-order valence-corrected chi connectivity index (χ4v) is 4.66. The Morgan fingerprint density at radius 1 is 1.35 bits per heavy atom. The van der Waals surface area contributed by atoms with Crippen LogP contribution in [0.25, 0.3) is 0 Å². The molecular weight excluding hydrogens is 338 g/mol. The molecule has 3 fully saturated rings. The number of hydrogen-bond acceptors (Lipinski definition) is 5. The lowest BCUT2D eigenvalue weighted by molar-refractivity contribution is -0.136. The third-order valence-electron chi connectivity index (χ3n) is 5.79. The zero-order valence-corrected chi connectivity index (χ0v) is 15.3. The van der Waals surface area contributed by atoms with E-state index in [2.05, 4.69) is 4.98 Å². The van der Waals surface area contributed by atoms with E-state index < -0.39 is 11.7 Å². The Labute approximate surface area is 151 Å². The molecule has 1 N–H and O–H groups in total. The molecule has 2 amide bonds. The van der Waals surface area contributed by atoms with Crippen molar-refractivity contribution < 1.29 is 23.9 Å². The maximum atomic E-state index is 13.3. The molecule has 0 radical (unpaired) electrons. The van der Waals surface area contributed by atoms with Crippen LogP contribution in [-0.2, 0) is 14.3 Å². The number of ether oxygens (including phenoxy) is 2. The molecule has 0 unspecified atom stereocenters. The molecule has 8 heteroatoms. The van der Waals surface area contributed by atoms with E-state index in [0.29, 0.717) is 55.1 Å². The summed E-state index contributed by atoms with van der Waals surface area (Å²) in [5.41, 5.74) is 1.34. The SMILES string of the molecule is CCOC(=O)c1[nH]c(C)c(C(=O)N2CC[C@@]34OCCN3C(=O)C[C@@H]24)c1C. The van der Waals surface area contributed by atoms with Crippen LogP contribution < -0.4 is 0 Å². The van der Waals surface area contributed by atoms with E-state index in [1.165, 1.54) is 0 Å². The zero-order valence-electron chi connectivity index (χ0n) is 15.3. The monoisotopic (exact) mass is 361 g/mol. The normalized spacial score (nSPS) is 27.0. The standard InChI is InChI=1S/C18H23N3O5/c1-4-25-17(24)15-10(2)14(11(3)19-15)16(23)20-6-5-18-12(20)9-13(22)21(18)7-8-26-18/h12,19H,4-9H2,1-3H3/t12-,18+/m1/s1. The molecule has 3 aliphatic heterocycles. The lowest BCUT2D eigenvalue weighted by Gasteiger charge is -2.31. The molecule has 140 valence electrons. The van der Waals surface area contributed by atoms with E-state index >= 15 is 0 Å². The van der Waals surface area contributed by atoms with Crippen LogP contribution in [0.1, 0.15) is 51.9 Å². The number of aryl methyl sites for hydroxylation is 1. The maximum Gasteiger partial charge on any atom is 0.355 e. The molecule has 4 heterocycles. The third kappa shape index (κ3) is 2.14. The number of nitrogens with zero attached hydrogens (tertiary/aromatic N) is 2. The minimum absolute atomic E-state index is 0.0414. The van der Waals surface area contributed by atoms with Crippen LogP contribution in [-0.4, -0.2) is 70.6 Å². The van der Waals surface area contributed by atoms with Crippen molar-refractivity contribution >= 4 is 17.8 Å². The molecule has 0 bridgehead atoms. The molecule has 26 heavy (non-hydrogen) atoms. The number of rotatable bonds is 3. The van der Waals surface area contributed by atoms with Gasteiger partial charge < -0.3 is 24.3 Å². The van der Waals surface area contributed by atoms with Crippen molar-refractivity contribution in [3.05, 3.63) is 22.5 Å². The Balaban J connectivity index is 1.65. The average Bonchev–Trinajstić information content (AvgIpc) is 3.29. The number of H-pyrrole nitrogens is 1. The van der Waals surface area contributed by atoms with E-state index in [-0.39, 0.29) is 24.5 Å². The molecule has 2 atom stereocenters. The fourth-order valence-electron chi connectivity index (χ4n) is 4.66. The highest BCUT2D eigenvalue weighted by molar-refractivity contribution is 6.02. The van der Waals surface area contributed by atoms with Crippen LogP contribution in [0.15, 0.2) is 0 Å². The number of hydrogen-bond donors (Lipinski definition) is 1. The van der Waals surface area contributed by atoms with Crippen molar-refractivity contribution in [1.82, 2.24) is 14.8 Å². The highest BCUT2D eigenvalue weighted by Gasteiger charge is 2.63. The largest absolute Gasteiger partial charge is 0.461 e. The van der Waals surface area contributed by atoms with Crippen LogP contribution in [0, 0.1) is 13.8 Å². The van der Waals surface area contributed by atoms with Crippen molar-refractivity contribution in [2.75, 3.05) is 26.3 Å². The van der Waals surface area contributed by atoms with Crippen LogP contribution in [0.2, 0.25) is 0 Å². The molecule has 0 saturated carbocycles. The van der Waals surface area contributed by atoms with Gasteiger partial charge in [0.15, 0.2) is 5.72 Å². The Morgan fingerprint density at radius 2 is 2.12 bits per heavy atom.